The first-order valence-corrected chi connectivity index (χ1v) is 10.8. The highest BCUT2D eigenvalue weighted by molar-refractivity contribution is 7.17. The van der Waals surface area contributed by atoms with Gasteiger partial charge in [-0.25, -0.2) is 24.2 Å². The van der Waals surface area contributed by atoms with E-state index in [1.807, 2.05) is 16.5 Å². The lowest BCUT2D eigenvalue weighted by molar-refractivity contribution is 0.195. The average Bonchev–Trinajstić information content (AvgIpc) is 3.37. The van der Waals surface area contributed by atoms with Crippen LogP contribution < -0.4 is 10.3 Å². The lowest BCUT2D eigenvalue weighted by atomic mass is 10.1. The summed E-state index contributed by atoms with van der Waals surface area (Å²) in [5.74, 6) is -0.523. The number of aliphatic hydroxyl groups excluding tert-OH is 1. The Kier molecular flexibility index (Phi) is 5.06. The third kappa shape index (κ3) is 3.31. The van der Waals surface area contributed by atoms with Gasteiger partial charge in [0.25, 0.3) is 0 Å². The van der Waals surface area contributed by atoms with Crippen LogP contribution in [0.15, 0.2) is 34.8 Å². The van der Waals surface area contributed by atoms with Crippen LogP contribution in [0.1, 0.15) is 6.42 Å². The van der Waals surface area contributed by atoms with E-state index >= 15 is 0 Å². The number of thiophene rings is 1. The smallest absolute Gasteiger partial charge is 0.165 e. The monoisotopic (exact) mass is 449 g/mol. The molecular weight excluding hydrogens is 432 g/mol. The zero-order chi connectivity index (χ0) is 20.8. The molecule has 10 heteroatoms. The van der Waals surface area contributed by atoms with Gasteiger partial charge in [-0.2, -0.15) is 0 Å². The van der Waals surface area contributed by atoms with E-state index < -0.39 is 11.6 Å². The Morgan fingerprint density at radius 1 is 1.23 bits per heavy atom. The number of rotatable bonds is 4. The zero-order valence-electron chi connectivity index (χ0n) is 15.8. The van der Waals surface area contributed by atoms with Gasteiger partial charge in [0.2, 0.25) is 0 Å². The fourth-order valence-electron chi connectivity index (χ4n) is 3.96. The van der Waals surface area contributed by atoms with Crippen LogP contribution in [0.2, 0.25) is 5.02 Å². The molecular formula is C20H18ClF2N5OS. The molecule has 30 heavy (non-hydrogen) atoms. The van der Waals surface area contributed by atoms with Gasteiger partial charge < -0.3 is 15.0 Å². The van der Waals surface area contributed by atoms with E-state index in [0.717, 1.165) is 29.8 Å². The number of hydrazine groups is 1. The zero-order valence-corrected chi connectivity index (χ0v) is 17.4. The highest BCUT2D eigenvalue weighted by Crippen LogP contribution is 2.36. The number of hydrogen-bond acceptors (Lipinski definition) is 7. The molecule has 4 heterocycles. The summed E-state index contributed by atoms with van der Waals surface area (Å²) in [5, 5.41) is 12.9. The van der Waals surface area contributed by atoms with E-state index in [4.69, 9.17) is 11.6 Å². The Hall–Kier alpha value is -2.33. The predicted octanol–water partition coefficient (Wildman–Crippen LogP) is 3.57. The molecule has 6 nitrogen and oxygen atoms in total. The van der Waals surface area contributed by atoms with Crippen molar-refractivity contribution in [3.8, 4) is 11.4 Å². The number of fused-ring (bicyclic) bond motifs is 1. The first-order valence-electron chi connectivity index (χ1n) is 9.53. The van der Waals surface area contributed by atoms with Gasteiger partial charge in [-0.1, -0.05) is 11.6 Å². The highest BCUT2D eigenvalue weighted by atomic mass is 35.5. The van der Waals surface area contributed by atoms with E-state index in [-0.39, 0.29) is 23.0 Å². The van der Waals surface area contributed by atoms with Crippen LogP contribution in [0, 0.1) is 11.6 Å². The van der Waals surface area contributed by atoms with Crippen LogP contribution in [0.5, 0.6) is 0 Å². The first kappa shape index (κ1) is 19.6. The molecule has 2 aromatic heterocycles. The van der Waals surface area contributed by atoms with E-state index in [1.165, 1.54) is 22.6 Å². The van der Waals surface area contributed by atoms with Crippen LogP contribution >= 0.6 is 22.9 Å². The van der Waals surface area contributed by atoms with Gasteiger partial charge in [0.1, 0.15) is 11.6 Å². The second kappa shape index (κ2) is 7.73. The maximum atomic E-state index is 14.5. The number of aromatic nitrogens is 2. The van der Waals surface area contributed by atoms with Crippen LogP contribution in [0.25, 0.3) is 21.6 Å². The van der Waals surface area contributed by atoms with Crippen molar-refractivity contribution in [1.82, 2.24) is 20.4 Å². The maximum Gasteiger partial charge on any atom is 0.165 e. The Morgan fingerprint density at radius 2 is 2.10 bits per heavy atom. The summed E-state index contributed by atoms with van der Waals surface area (Å²) in [5.41, 5.74) is 6.43. The SMILES string of the molecule is OCCN1NCC2=C1CCN(c1nc(-c3cc(F)c(Cl)cc3F)nc3ccsc13)C2. The predicted molar refractivity (Wildman–Crippen MR) is 113 cm³/mol. The van der Waals surface area contributed by atoms with E-state index in [2.05, 4.69) is 20.3 Å². The number of benzene rings is 1. The summed E-state index contributed by atoms with van der Waals surface area (Å²) < 4.78 is 29.4. The van der Waals surface area contributed by atoms with Crippen molar-refractivity contribution in [2.45, 2.75) is 6.42 Å². The molecule has 0 fully saturated rings. The second-order valence-corrected chi connectivity index (χ2v) is 8.51. The third-order valence-electron chi connectivity index (χ3n) is 5.38. The van der Waals surface area contributed by atoms with Gasteiger partial charge in [0.05, 0.1) is 34.0 Å². The number of nitrogens with zero attached hydrogens (tertiary/aromatic N) is 4. The number of aliphatic hydroxyl groups is 1. The first-order chi connectivity index (χ1) is 14.5. The topological polar surface area (TPSA) is 64.5 Å². The Balaban J connectivity index is 1.55. The number of halogens is 3. The third-order valence-corrected chi connectivity index (χ3v) is 6.57. The van der Waals surface area contributed by atoms with Crippen molar-refractivity contribution in [1.29, 1.82) is 0 Å². The maximum absolute atomic E-state index is 14.5. The molecule has 0 amide bonds. The van der Waals surface area contributed by atoms with Crippen molar-refractivity contribution in [3.05, 3.63) is 51.5 Å². The number of β-amino-alcohol motifs (C(OH)–C–C–N with tert-alkyl or cyclic N) is 1. The summed E-state index contributed by atoms with van der Waals surface area (Å²) in [6, 6.07) is 3.85. The summed E-state index contributed by atoms with van der Waals surface area (Å²) in [7, 11) is 0. The summed E-state index contributed by atoms with van der Waals surface area (Å²) >= 11 is 7.22. The molecule has 0 saturated heterocycles. The molecule has 2 aliphatic heterocycles. The number of nitrogens with one attached hydrogen (secondary N) is 1. The van der Waals surface area contributed by atoms with Crippen molar-refractivity contribution < 1.29 is 13.9 Å². The van der Waals surface area contributed by atoms with Crippen molar-refractivity contribution >= 4 is 39.0 Å². The molecule has 3 aromatic rings. The molecule has 0 bridgehead atoms. The van der Waals surface area contributed by atoms with Gasteiger partial charge in [-0.3, -0.25) is 0 Å². The Bertz CT molecular complexity index is 1170. The van der Waals surface area contributed by atoms with Crippen LogP contribution in [0.3, 0.4) is 0 Å². The minimum absolute atomic E-state index is 0.0141. The molecule has 0 radical (unpaired) electrons. The molecule has 2 N–H and O–H groups in total. The number of hydrogen-bond donors (Lipinski definition) is 2. The van der Waals surface area contributed by atoms with Crippen molar-refractivity contribution in [2.24, 2.45) is 0 Å². The summed E-state index contributed by atoms with van der Waals surface area (Å²) in [4.78, 5) is 11.3. The highest BCUT2D eigenvalue weighted by Gasteiger charge is 2.29. The molecule has 0 saturated carbocycles. The minimum Gasteiger partial charge on any atom is -0.394 e. The Morgan fingerprint density at radius 3 is 2.93 bits per heavy atom. The van der Waals surface area contributed by atoms with Crippen LogP contribution in [-0.2, 0) is 0 Å². The molecule has 0 atom stereocenters. The van der Waals surface area contributed by atoms with Gasteiger partial charge in [-0.05, 0) is 29.2 Å². The van der Waals surface area contributed by atoms with Gasteiger partial charge in [-0.15, -0.1) is 11.3 Å². The summed E-state index contributed by atoms with van der Waals surface area (Å²) in [6.45, 7) is 2.75. The van der Waals surface area contributed by atoms with Crippen molar-refractivity contribution in [3.63, 3.8) is 0 Å². The molecule has 156 valence electrons. The van der Waals surface area contributed by atoms with E-state index in [1.54, 1.807) is 0 Å². The fourth-order valence-corrected chi connectivity index (χ4v) is 4.96. The standard InChI is InChI=1S/C20H18ClF2N5OS/c21-13-8-14(22)12(7-15(13)23)19-25-16-2-6-30-18(16)20(26-19)27-3-1-17-11(10-27)9-24-28(17)4-5-29/h2,6-8,24,29H,1,3-5,9-10H2. The number of anilines is 1. The van der Waals surface area contributed by atoms with E-state index in [9.17, 15) is 13.9 Å². The Labute approximate surface area is 180 Å². The normalized spacial score (nSPS) is 16.7. The molecule has 2 aliphatic rings. The lowest BCUT2D eigenvalue weighted by Crippen LogP contribution is -2.36. The van der Waals surface area contributed by atoms with Gasteiger partial charge >= 0.3 is 0 Å². The molecule has 1 aromatic carbocycles. The summed E-state index contributed by atoms with van der Waals surface area (Å²) in [6.07, 6.45) is 0.804. The van der Waals surface area contributed by atoms with Crippen molar-refractivity contribution in [2.75, 3.05) is 37.7 Å². The van der Waals surface area contributed by atoms with E-state index in [0.29, 0.717) is 31.0 Å². The lowest BCUT2D eigenvalue weighted by Gasteiger charge is -2.31. The molecule has 0 aliphatic carbocycles. The second-order valence-electron chi connectivity index (χ2n) is 7.18. The fraction of sp³-hybridized carbons (Fsp3) is 0.300. The minimum atomic E-state index is -0.711. The largest absolute Gasteiger partial charge is 0.394 e. The van der Waals surface area contributed by atoms with Crippen LogP contribution in [0.4, 0.5) is 14.6 Å². The molecule has 0 spiro atoms. The molecule has 5 rings (SSSR count). The van der Waals surface area contributed by atoms with Crippen LogP contribution in [-0.4, -0.2) is 52.9 Å². The van der Waals surface area contributed by atoms with Gasteiger partial charge in [0, 0.05) is 31.8 Å². The molecule has 0 unspecified atom stereocenters. The quantitative estimate of drug-likeness (QED) is 0.594. The van der Waals surface area contributed by atoms with Gasteiger partial charge in [0.15, 0.2) is 11.6 Å². The average molecular weight is 450 g/mol.